The highest BCUT2D eigenvalue weighted by Gasteiger charge is 2.22. The van der Waals surface area contributed by atoms with Crippen LogP contribution in [-0.2, 0) is 19.5 Å². The fourth-order valence-electron chi connectivity index (χ4n) is 3.17. The maximum Gasteiger partial charge on any atom is 0.254 e. The number of benzene rings is 1. The number of nitrogens with one attached hydrogen (secondary N) is 1. The van der Waals surface area contributed by atoms with Gasteiger partial charge in [-0.05, 0) is 42.3 Å². The molecule has 0 saturated heterocycles. The quantitative estimate of drug-likeness (QED) is 0.745. The lowest BCUT2D eigenvalue weighted by Crippen LogP contribution is -2.35. The Morgan fingerprint density at radius 3 is 2.92 bits per heavy atom. The van der Waals surface area contributed by atoms with Gasteiger partial charge < -0.3 is 4.98 Å². The molecule has 0 fully saturated rings. The highest BCUT2D eigenvalue weighted by atomic mass is 35.5. The van der Waals surface area contributed by atoms with E-state index in [4.69, 9.17) is 23.2 Å². The van der Waals surface area contributed by atoms with Crippen LogP contribution in [-0.4, -0.2) is 26.4 Å². The topological polar surface area (TPSA) is 61.9 Å². The van der Waals surface area contributed by atoms with Gasteiger partial charge in [0, 0.05) is 53.2 Å². The first-order valence-corrected chi connectivity index (χ1v) is 9.04. The van der Waals surface area contributed by atoms with Crippen molar-refractivity contribution in [2.75, 3.05) is 6.54 Å². The van der Waals surface area contributed by atoms with Crippen molar-refractivity contribution in [3.8, 4) is 11.4 Å². The van der Waals surface area contributed by atoms with E-state index in [0.717, 1.165) is 28.9 Å². The summed E-state index contributed by atoms with van der Waals surface area (Å²) in [6.45, 7) is 2.03. The van der Waals surface area contributed by atoms with E-state index in [-0.39, 0.29) is 5.56 Å². The number of rotatable bonds is 3. The van der Waals surface area contributed by atoms with Gasteiger partial charge in [0.25, 0.3) is 5.56 Å². The summed E-state index contributed by atoms with van der Waals surface area (Å²) in [7, 11) is 0. The van der Waals surface area contributed by atoms with Crippen molar-refractivity contribution in [1.29, 1.82) is 0 Å². The number of nitrogens with zero attached hydrogens (tertiary/aromatic N) is 3. The van der Waals surface area contributed by atoms with Gasteiger partial charge in [-0.1, -0.05) is 23.2 Å². The third-order valence-corrected chi connectivity index (χ3v) is 5.09. The average molecular weight is 387 g/mol. The summed E-state index contributed by atoms with van der Waals surface area (Å²) >= 11 is 12.4. The number of fused-ring (bicyclic) bond motifs is 1. The van der Waals surface area contributed by atoms with Crippen molar-refractivity contribution in [3.63, 3.8) is 0 Å². The SMILES string of the molecule is O=c1[nH]c(-c2cccnc2)nc2c1CCN(Cc1cc(Cl)ccc1Cl)C2. The molecular weight excluding hydrogens is 371 g/mol. The van der Waals surface area contributed by atoms with Crippen LogP contribution in [0.4, 0.5) is 0 Å². The molecule has 5 nitrogen and oxygen atoms in total. The molecule has 0 unspecified atom stereocenters. The third kappa shape index (κ3) is 3.51. The van der Waals surface area contributed by atoms with Crippen LogP contribution in [0, 0.1) is 0 Å². The summed E-state index contributed by atoms with van der Waals surface area (Å²) < 4.78 is 0. The molecule has 1 aliphatic rings. The van der Waals surface area contributed by atoms with Crippen LogP contribution < -0.4 is 5.56 Å². The van der Waals surface area contributed by atoms with Gasteiger partial charge in [0.15, 0.2) is 0 Å². The zero-order chi connectivity index (χ0) is 18.1. The molecule has 2 aromatic heterocycles. The van der Waals surface area contributed by atoms with Gasteiger partial charge in [0.2, 0.25) is 0 Å². The normalized spacial score (nSPS) is 14.2. The van der Waals surface area contributed by atoms with Crippen molar-refractivity contribution in [1.82, 2.24) is 19.9 Å². The van der Waals surface area contributed by atoms with E-state index in [1.807, 2.05) is 18.2 Å². The predicted octanol–water partition coefficient (Wildman–Crippen LogP) is 3.70. The second-order valence-corrected chi connectivity index (χ2v) is 7.12. The standard InChI is InChI=1S/C19H16Cl2N4O/c20-14-3-4-16(21)13(8-14)10-25-7-5-15-17(11-25)23-18(24-19(15)26)12-2-1-6-22-9-12/h1-4,6,8-9H,5,7,10-11H2,(H,23,24,26). The Balaban J connectivity index is 1.62. The Hall–Kier alpha value is -2.21. The van der Waals surface area contributed by atoms with Gasteiger partial charge in [0.05, 0.1) is 5.69 Å². The summed E-state index contributed by atoms with van der Waals surface area (Å²) in [6, 6.07) is 9.17. The Labute approximate surface area is 160 Å². The van der Waals surface area contributed by atoms with Gasteiger partial charge in [0.1, 0.15) is 5.82 Å². The highest BCUT2D eigenvalue weighted by molar-refractivity contribution is 6.33. The molecule has 0 bridgehead atoms. The molecular formula is C19H16Cl2N4O. The van der Waals surface area contributed by atoms with E-state index < -0.39 is 0 Å². The molecule has 1 N–H and O–H groups in total. The first-order valence-electron chi connectivity index (χ1n) is 8.29. The molecule has 0 saturated carbocycles. The first-order chi connectivity index (χ1) is 12.6. The minimum absolute atomic E-state index is 0.0747. The molecule has 1 aromatic carbocycles. The van der Waals surface area contributed by atoms with Gasteiger partial charge in [-0.3, -0.25) is 14.7 Å². The second-order valence-electron chi connectivity index (χ2n) is 6.28. The molecule has 0 radical (unpaired) electrons. The Morgan fingerprint density at radius 1 is 1.23 bits per heavy atom. The maximum absolute atomic E-state index is 12.4. The molecule has 3 aromatic rings. The Bertz CT molecular complexity index is 1000. The van der Waals surface area contributed by atoms with Crippen molar-refractivity contribution in [2.45, 2.75) is 19.5 Å². The lowest BCUT2D eigenvalue weighted by atomic mass is 10.1. The second kappa shape index (κ2) is 7.19. The number of aromatic amines is 1. The number of H-pyrrole nitrogens is 1. The van der Waals surface area contributed by atoms with Crippen molar-refractivity contribution < 1.29 is 0 Å². The average Bonchev–Trinajstić information content (AvgIpc) is 2.65. The summed E-state index contributed by atoms with van der Waals surface area (Å²) in [4.78, 5) is 26.3. The zero-order valence-electron chi connectivity index (χ0n) is 13.9. The molecule has 0 amide bonds. The number of halogens is 2. The van der Waals surface area contributed by atoms with Gasteiger partial charge in [-0.15, -0.1) is 0 Å². The van der Waals surface area contributed by atoms with Crippen LogP contribution in [0.1, 0.15) is 16.8 Å². The van der Waals surface area contributed by atoms with E-state index >= 15 is 0 Å². The third-order valence-electron chi connectivity index (χ3n) is 4.49. The molecule has 0 atom stereocenters. The van der Waals surface area contributed by atoms with Crippen LogP contribution in [0.15, 0.2) is 47.5 Å². The molecule has 0 spiro atoms. The Morgan fingerprint density at radius 2 is 2.12 bits per heavy atom. The fourth-order valence-corrected chi connectivity index (χ4v) is 3.55. The van der Waals surface area contributed by atoms with Gasteiger partial charge in [-0.2, -0.15) is 0 Å². The summed E-state index contributed by atoms with van der Waals surface area (Å²) in [5.41, 5.74) is 3.25. The minimum atomic E-state index is -0.0747. The van der Waals surface area contributed by atoms with Crippen LogP contribution in [0.5, 0.6) is 0 Å². The summed E-state index contributed by atoms with van der Waals surface area (Å²) in [5, 5.41) is 1.35. The van der Waals surface area contributed by atoms with E-state index in [1.54, 1.807) is 24.5 Å². The monoisotopic (exact) mass is 386 g/mol. The predicted molar refractivity (Wildman–Crippen MR) is 102 cm³/mol. The van der Waals surface area contributed by atoms with E-state index in [9.17, 15) is 4.79 Å². The molecule has 132 valence electrons. The largest absolute Gasteiger partial charge is 0.306 e. The lowest BCUT2D eigenvalue weighted by molar-refractivity contribution is 0.240. The molecule has 0 aliphatic carbocycles. The Kier molecular flexibility index (Phi) is 4.76. The van der Waals surface area contributed by atoms with Crippen molar-refractivity contribution >= 4 is 23.2 Å². The first kappa shape index (κ1) is 17.2. The minimum Gasteiger partial charge on any atom is -0.306 e. The maximum atomic E-state index is 12.4. The zero-order valence-corrected chi connectivity index (χ0v) is 15.4. The van der Waals surface area contributed by atoms with Crippen LogP contribution in [0.2, 0.25) is 10.0 Å². The van der Waals surface area contributed by atoms with Gasteiger partial charge in [-0.25, -0.2) is 4.98 Å². The fraction of sp³-hybridized carbons (Fsp3) is 0.211. The molecule has 26 heavy (non-hydrogen) atoms. The molecule has 3 heterocycles. The number of aromatic nitrogens is 3. The van der Waals surface area contributed by atoms with Crippen LogP contribution in [0.3, 0.4) is 0 Å². The molecule has 4 rings (SSSR count). The molecule has 1 aliphatic heterocycles. The highest BCUT2D eigenvalue weighted by Crippen LogP contribution is 2.25. The summed E-state index contributed by atoms with van der Waals surface area (Å²) in [5.74, 6) is 0.546. The number of hydrogen-bond donors (Lipinski definition) is 1. The van der Waals surface area contributed by atoms with E-state index in [0.29, 0.717) is 35.4 Å². The number of hydrogen-bond acceptors (Lipinski definition) is 4. The van der Waals surface area contributed by atoms with Crippen molar-refractivity contribution in [2.24, 2.45) is 0 Å². The van der Waals surface area contributed by atoms with Crippen LogP contribution >= 0.6 is 23.2 Å². The lowest BCUT2D eigenvalue weighted by Gasteiger charge is -2.28. The molecule has 7 heteroatoms. The summed E-state index contributed by atoms with van der Waals surface area (Å²) in [6.07, 6.45) is 4.04. The van der Waals surface area contributed by atoms with Crippen molar-refractivity contribution in [3.05, 3.63) is 79.9 Å². The van der Waals surface area contributed by atoms with Gasteiger partial charge >= 0.3 is 0 Å². The van der Waals surface area contributed by atoms with Crippen LogP contribution in [0.25, 0.3) is 11.4 Å². The number of pyridine rings is 1. The van der Waals surface area contributed by atoms with E-state index in [2.05, 4.69) is 19.9 Å². The van der Waals surface area contributed by atoms with E-state index in [1.165, 1.54) is 0 Å². The smallest absolute Gasteiger partial charge is 0.254 e.